The number of rotatable bonds is 4. The van der Waals surface area contributed by atoms with Crippen molar-refractivity contribution in [3.63, 3.8) is 0 Å². The molecule has 0 saturated heterocycles. The van der Waals surface area contributed by atoms with Gasteiger partial charge in [-0.25, -0.2) is 4.99 Å². The predicted molar refractivity (Wildman–Crippen MR) is 70.6 cm³/mol. The van der Waals surface area contributed by atoms with Crippen molar-refractivity contribution in [3.05, 3.63) is 24.3 Å². The van der Waals surface area contributed by atoms with Crippen molar-refractivity contribution in [1.29, 1.82) is 0 Å². The molecule has 2 atom stereocenters. The van der Waals surface area contributed by atoms with Crippen molar-refractivity contribution < 1.29 is 17.9 Å². The summed E-state index contributed by atoms with van der Waals surface area (Å²) >= 11 is 0. The van der Waals surface area contributed by atoms with Gasteiger partial charge in [-0.3, -0.25) is 0 Å². The first kappa shape index (κ1) is 14.5. The molecule has 1 aromatic rings. The SMILES string of the molecule is CC[C@@H]1C[C@H]1N=C(N)Nc1cccc(OC(F)(F)F)c1. The predicted octanol–water partition coefficient (Wildman–Crippen LogP) is 3.11. The highest BCUT2D eigenvalue weighted by molar-refractivity contribution is 5.92. The summed E-state index contributed by atoms with van der Waals surface area (Å²) in [5.41, 5.74) is 6.12. The van der Waals surface area contributed by atoms with Gasteiger partial charge in [-0.15, -0.1) is 13.2 Å². The fourth-order valence-electron chi connectivity index (χ4n) is 1.96. The quantitative estimate of drug-likeness (QED) is 0.661. The Kier molecular flexibility index (Phi) is 4.06. The Morgan fingerprint density at radius 2 is 2.25 bits per heavy atom. The summed E-state index contributed by atoms with van der Waals surface area (Å²) in [6.07, 6.45) is -2.65. The largest absolute Gasteiger partial charge is 0.573 e. The second-order valence-corrected chi connectivity index (χ2v) is 4.69. The monoisotopic (exact) mass is 287 g/mol. The Hall–Kier alpha value is -1.92. The molecule has 20 heavy (non-hydrogen) atoms. The molecule has 0 amide bonds. The van der Waals surface area contributed by atoms with Crippen molar-refractivity contribution >= 4 is 11.6 Å². The molecule has 0 unspecified atom stereocenters. The molecule has 0 radical (unpaired) electrons. The molecule has 110 valence electrons. The normalized spacial score (nSPS) is 22.5. The maximum absolute atomic E-state index is 12.1. The lowest BCUT2D eigenvalue weighted by atomic mass is 10.3. The summed E-state index contributed by atoms with van der Waals surface area (Å²) in [5, 5.41) is 2.76. The van der Waals surface area contributed by atoms with E-state index in [9.17, 15) is 13.2 Å². The van der Waals surface area contributed by atoms with Crippen LogP contribution < -0.4 is 15.8 Å². The number of ether oxygens (including phenoxy) is 1. The fraction of sp³-hybridized carbons (Fsp3) is 0.462. The molecule has 7 heteroatoms. The molecule has 1 fully saturated rings. The summed E-state index contributed by atoms with van der Waals surface area (Å²) in [6.45, 7) is 2.09. The lowest BCUT2D eigenvalue weighted by Gasteiger charge is -2.11. The Balaban J connectivity index is 1.97. The number of hydrogen-bond acceptors (Lipinski definition) is 2. The number of anilines is 1. The maximum atomic E-state index is 12.1. The highest BCUT2D eigenvalue weighted by Gasteiger charge is 2.35. The van der Waals surface area contributed by atoms with Gasteiger partial charge in [-0.2, -0.15) is 0 Å². The van der Waals surface area contributed by atoms with E-state index in [4.69, 9.17) is 5.73 Å². The first-order chi connectivity index (χ1) is 9.37. The number of nitrogens with zero attached hydrogens (tertiary/aromatic N) is 1. The highest BCUT2D eigenvalue weighted by Crippen LogP contribution is 2.36. The van der Waals surface area contributed by atoms with Gasteiger partial charge < -0.3 is 15.8 Å². The van der Waals surface area contributed by atoms with Crippen LogP contribution in [0.2, 0.25) is 0 Å². The Morgan fingerprint density at radius 1 is 1.50 bits per heavy atom. The summed E-state index contributed by atoms with van der Waals surface area (Å²) in [5.74, 6) is 0.471. The Labute approximate surface area is 114 Å². The second-order valence-electron chi connectivity index (χ2n) is 4.69. The number of aliphatic imine (C=N–C) groups is 1. The van der Waals surface area contributed by atoms with Gasteiger partial charge in [0.1, 0.15) is 5.75 Å². The summed E-state index contributed by atoms with van der Waals surface area (Å²) in [4.78, 5) is 4.26. The number of hydrogen-bond donors (Lipinski definition) is 2. The Bertz CT molecular complexity index is 502. The first-order valence-electron chi connectivity index (χ1n) is 6.33. The van der Waals surface area contributed by atoms with Crippen LogP contribution in [0.4, 0.5) is 18.9 Å². The van der Waals surface area contributed by atoms with Gasteiger partial charge in [0.15, 0.2) is 5.96 Å². The van der Waals surface area contributed by atoms with Gasteiger partial charge in [0, 0.05) is 11.8 Å². The molecule has 4 nitrogen and oxygen atoms in total. The number of guanidine groups is 1. The van der Waals surface area contributed by atoms with E-state index in [1.165, 1.54) is 18.2 Å². The third-order valence-electron chi connectivity index (χ3n) is 3.05. The van der Waals surface area contributed by atoms with Crippen LogP contribution in [0.5, 0.6) is 5.75 Å². The zero-order valence-electron chi connectivity index (χ0n) is 10.9. The third-order valence-corrected chi connectivity index (χ3v) is 3.05. The van der Waals surface area contributed by atoms with Gasteiger partial charge in [0.2, 0.25) is 0 Å². The third kappa shape index (κ3) is 4.32. The van der Waals surface area contributed by atoms with Gasteiger partial charge in [-0.1, -0.05) is 19.4 Å². The van der Waals surface area contributed by atoms with E-state index in [1.54, 1.807) is 6.07 Å². The van der Waals surface area contributed by atoms with Crippen LogP contribution in [0.15, 0.2) is 29.3 Å². The first-order valence-corrected chi connectivity index (χ1v) is 6.33. The number of nitrogens with two attached hydrogens (primary N) is 1. The van der Waals surface area contributed by atoms with Crippen molar-refractivity contribution in [1.82, 2.24) is 0 Å². The van der Waals surface area contributed by atoms with Crippen molar-refractivity contribution in [2.24, 2.45) is 16.6 Å². The van der Waals surface area contributed by atoms with Gasteiger partial charge in [0.25, 0.3) is 0 Å². The minimum absolute atomic E-state index is 0.204. The van der Waals surface area contributed by atoms with E-state index in [0.29, 0.717) is 11.6 Å². The minimum Gasteiger partial charge on any atom is -0.406 e. The lowest BCUT2D eigenvalue weighted by Crippen LogP contribution is -2.23. The molecule has 1 saturated carbocycles. The standard InChI is InChI=1S/C13H16F3N3O/c1-2-8-6-11(8)19-12(17)18-9-4-3-5-10(7-9)20-13(14,15)16/h3-5,7-8,11H,2,6H2,1H3,(H3,17,18,19)/t8-,11-/m1/s1. The smallest absolute Gasteiger partial charge is 0.406 e. The van der Waals surface area contributed by atoms with Crippen molar-refractivity contribution in [2.45, 2.75) is 32.2 Å². The van der Waals surface area contributed by atoms with Crippen LogP contribution >= 0.6 is 0 Å². The van der Waals surface area contributed by atoms with Crippen LogP contribution in [-0.4, -0.2) is 18.4 Å². The number of alkyl halides is 3. The molecule has 0 bridgehead atoms. The van der Waals surface area contributed by atoms with Crippen LogP contribution in [0.3, 0.4) is 0 Å². The van der Waals surface area contributed by atoms with Gasteiger partial charge >= 0.3 is 6.36 Å². The molecular formula is C13H16F3N3O. The summed E-state index contributed by atoms with van der Waals surface area (Å²) in [6, 6.07) is 5.71. The molecule has 0 heterocycles. The zero-order valence-corrected chi connectivity index (χ0v) is 10.9. The van der Waals surface area contributed by atoms with Crippen LogP contribution in [0.1, 0.15) is 19.8 Å². The van der Waals surface area contributed by atoms with Crippen molar-refractivity contribution in [3.8, 4) is 5.75 Å². The lowest BCUT2D eigenvalue weighted by molar-refractivity contribution is -0.274. The molecule has 1 aliphatic carbocycles. The van der Waals surface area contributed by atoms with E-state index in [-0.39, 0.29) is 17.8 Å². The Morgan fingerprint density at radius 3 is 2.85 bits per heavy atom. The van der Waals surface area contributed by atoms with E-state index >= 15 is 0 Å². The van der Waals surface area contributed by atoms with E-state index in [2.05, 4.69) is 22.0 Å². The summed E-state index contributed by atoms with van der Waals surface area (Å²) in [7, 11) is 0. The van der Waals surface area contributed by atoms with E-state index in [0.717, 1.165) is 12.8 Å². The summed E-state index contributed by atoms with van der Waals surface area (Å²) < 4.78 is 40.2. The van der Waals surface area contributed by atoms with Crippen LogP contribution in [0.25, 0.3) is 0 Å². The maximum Gasteiger partial charge on any atom is 0.573 e. The zero-order chi connectivity index (χ0) is 14.8. The van der Waals surface area contributed by atoms with Gasteiger partial charge in [-0.05, 0) is 24.5 Å². The molecular weight excluding hydrogens is 271 g/mol. The average molecular weight is 287 g/mol. The molecule has 0 aromatic heterocycles. The molecule has 0 spiro atoms. The topological polar surface area (TPSA) is 59.6 Å². The highest BCUT2D eigenvalue weighted by atomic mass is 19.4. The van der Waals surface area contributed by atoms with E-state index in [1.807, 2.05) is 0 Å². The molecule has 1 aromatic carbocycles. The average Bonchev–Trinajstić information content (AvgIpc) is 3.05. The van der Waals surface area contributed by atoms with Crippen molar-refractivity contribution in [2.75, 3.05) is 5.32 Å². The molecule has 0 aliphatic heterocycles. The number of benzene rings is 1. The van der Waals surface area contributed by atoms with Crippen LogP contribution in [-0.2, 0) is 0 Å². The van der Waals surface area contributed by atoms with E-state index < -0.39 is 6.36 Å². The molecule has 3 N–H and O–H groups in total. The molecule has 2 rings (SSSR count). The molecule has 1 aliphatic rings. The number of halogens is 3. The minimum atomic E-state index is -4.71. The van der Waals surface area contributed by atoms with Crippen LogP contribution in [0, 0.1) is 5.92 Å². The fourth-order valence-corrected chi connectivity index (χ4v) is 1.96. The second kappa shape index (κ2) is 5.60. The van der Waals surface area contributed by atoms with Gasteiger partial charge in [0.05, 0.1) is 6.04 Å². The number of nitrogens with one attached hydrogen (secondary N) is 1.